The van der Waals surface area contributed by atoms with E-state index in [2.05, 4.69) is 175 Å². The average Bonchev–Trinajstić information content (AvgIpc) is 3.05. The summed E-state index contributed by atoms with van der Waals surface area (Å²) in [5.74, 6) is 0. The van der Waals surface area contributed by atoms with E-state index in [0.29, 0.717) is 0 Å². The largest absolute Gasteiger partial charge is 0.376 e. The van der Waals surface area contributed by atoms with E-state index in [1.807, 2.05) is 0 Å². The Kier molecular flexibility index (Phi) is 5.95. The summed E-state index contributed by atoms with van der Waals surface area (Å²) in [6, 6.07) is 53.8. The molecule has 6 aromatic rings. The molecule has 206 valence electrons. The van der Waals surface area contributed by atoms with Gasteiger partial charge in [-0.05, 0) is 70.6 Å². The topological polar surface area (TPSA) is 6.48 Å². The third-order valence-electron chi connectivity index (χ3n) is 9.02. The van der Waals surface area contributed by atoms with Crippen LogP contribution >= 0.6 is 0 Å². The van der Waals surface area contributed by atoms with Gasteiger partial charge in [-0.25, -0.2) is 0 Å². The predicted molar refractivity (Wildman–Crippen MR) is 189 cm³/mol. The zero-order valence-corrected chi connectivity index (χ0v) is 25.8. The van der Waals surface area contributed by atoms with E-state index in [0.717, 1.165) is 11.4 Å². The Bertz CT molecular complexity index is 1980. The maximum Gasteiger partial charge on any atom is 0.329 e. The Labute approximate surface area is 256 Å². The molecule has 0 saturated carbocycles. The molecule has 0 fully saturated rings. The van der Waals surface area contributed by atoms with Crippen molar-refractivity contribution < 1.29 is 0 Å². The minimum Gasteiger partial charge on any atom is -0.376 e. The summed E-state index contributed by atoms with van der Waals surface area (Å²) in [5, 5.41) is 1.47. The fourth-order valence-corrected chi connectivity index (χ4v) is 8.12. The van der Waals surface area contributed by atoms with Crippen molar-refractivity contribution in [2.24, 2.45) is 0 Å². The van der Waals surface area contributed by atoms with Crippen LogP contribution in [0.2, 0.25) is 19.6 Å². The zero-order valence-electron chi connectivity index (χ0n) is 24.8. The van der Waals surface area contributed by atoms with Crippen molar-refractivity contribution in [3.63, 3.8) is 0 Å². The highest BCUT2D eigenvalue weighted by molar-refractivity contribution is 6.92. The smallest absolute Gasteiger partial charge is 0.329 e. The summed E-state index contributed by atoms with van der Waals surface area (Å²) < 4.78 is 0. The van der Waals surface area contributed by atoms with E-state index in [1.165, 1.54) is 55.4 Å². The first-order valence-electron chi connectivity index (χ1n) is 15.2. The van der Waals surface area contributed by atoms with Gasteiger partial charge in [0.15, 0.2) is 0 Å². The molecule has 0 N–H and O–H groups in total. The van der Waals surface area contributed by atoms with Crippen molar-refractivity contribution in [1.29, 1.82) is 0 Å². The Morgan fingerprint density at radius 2 is 0.977 bits per heavy atom. The third kappa shape index (κ3) is 4.17. The standard InChI is InChI=1S/C39H33BN2Si/c1-43(2,3)31-24-21-29(22-25-31)41(28-13-5-4-6-14-28)30-23-26-39-35(27-30)33-16-8-11-19-37(33)40-36-18-10-7-15-32(36)34-17-9-12-20-38(34)42(39)40/h4-27H,1-3H3. The van der Waals surface area contributed by atoms with Crippen LogP contribution < -0.4 is 25.8 Å². The van der Waals surface area contributed by atoms with Crippen molar-refractivity contribution in [2.75, 3.05) is 9.71 Å². The van der Waals surface area contributed by atoms with E-state index in [-0.39, 0.29) is 6.85 Å². The van der Waals surface area contributed by atoms with Crippen molar-refractivity contribution >= 4 is 59.5 Å². The molecule has 0 saturated heterocycles. The average molecular weight is 569 g/mol. The van der Waals surface area contributed by atoms with Gasteiger partial charge in [0.2, 0.25) is 0 Å². The molecule has 0 unspecified atom stereocenters. The van der Waals surface area contributed by atoms with Gasteiger partial charge in [0.25, 0.3) is 0 Å². The van der Waals surface area contributed by atoms with Gasteiger partial charge < -0.3 is 9.71 Å². The molecule has 4 heteroatoms. The molecule has 2 aliphatic heterocycles. The molecule has 6 aromatic carbocycles. The van der Waals surface area contributed by atoms with Crippen LogP contribution in [0.15, 0.2) is 146 Å². The number of benzene rings is 6. The molecular formula is C39H33BN2Si. The first kappa shape index (κ1) is 25.9. The van der Waals surface area contributed by atoms with E-state index >= 15 is 0 Å². The van der Waals surface area contributed by atoms with Gasteiger partial charge in [-0.3, -0.25) is 0 Å². The highest BCUT2D eigenvalue weighted by atomic mass is 28.3. The van der Waals surface area contributed by atoms with Crippen LogP contribution in [0.1, 0.15) is 0 Å². The molecule has 0 atom stereocenters. The molecule has 0 aliphatic carbocycles. The molecule has 43 heavy (non-hydrogen) atoms. The Morgan fingerprint density at radius 1 is 0.465 bits per heavy atom. The summed E-state index contributed by atoms with van der Waals surface area (Å²) in [5.41, 5.74) is 13.9. The lowest BCUT2D eigenvalue weighted by molar-refractivity contribution is 1.27. The van der Waals surface area contributed by atoms with Crippen LogP contribution in [0.5, 0.6) is 0 Å². The van der Waals surface area contributed by atoms with Crippen molar-refractivity contribution in [2.45, 2.75) is 19.6 Å². The van der Waals surface area contributed by atoms with Gasteiger partial charge >= 0.3 is 6.85 Å². The minimum absolute atomic E-state index is 0.125. The number of hydrogen-bond acceptors (Lipinski definition) is 2. The molecule has 0 bridgehead atoms. The third-order valence-corrected chi connectivity index (χ3v) is 11.1. The van der Waals surface area contributed by atoms with Gasteiger partial charge in [0.1, 0.15) is 0 Å². The number of hydrogen-bond donors (Lipinski definition) is 0. The molecule has 2 nitrogen and oxygen atoms in total. The van der Waals surface area contributed by atoms with Crippen molar-refractivity contribution in [1.82, 2.24) is 0 Å². The van der Waals surface area contributed by atoms with Gasteiger partial charge in [0.05, 0.1) is 8.07 Å². The second-order valence-electron chi connectivity index (χ2n) is 12.6. The lowest BCUT2D eigenvalue weighted by Gasteiger charge is -2.43. The van der Waals surface area contributed by atoms with Gasteiger partial charge in [0, 0.05) is 39.6 Å². The lowest BCUT2D eigenvalue weighted by Crippen LogP contribution is -2.59. The van der Waals surface area contributed by atoms with Crippen molar-refractivity contribution in [3.05, 3.63) is 146 Å². The van der Waals surface area contributed by atoms with Gasteiger partial charge in [-0.1, -0.05) is 122 Å². The molecular weight excluding hydrogens is 535 g/mol. The SMILES string of the molecule is C[Si](C)(C)c1ccc(N(c2ccccc2)c2ccc3c(c2)-c2ccccc2B2c4ccccc4-c4ccccc4N23)cc1. The molecule has 0 aromatic heterocycles. The summed E-state index contributed by atoms with van der Waals surface area (Å²) in [6.07, 6.45) is 0. The molecule has 0 radical (unpaired) electrons. The Hall–Kier alpha value is -4.80. The summed E-state index contributed by atoms with van der Waals surface area (Å²) >= 11 is 0. The van der Waals surface area contributed by atoms with E-state index < -0.39 is 8.07 Å². The van der Waals surface area contributed by atoms with E-state index in [4.69, 9.17) is 0 Å². The van der Waals surface area contributed by atoms with Crippen LogP contribution in [0.4, 0.5) is 28.4 Å². The summed E-state index contributed by atoms with van der Waals surface area (Å²) in [7, 11) is -1.40. The number of anilines is 5. The fraction of sp³-hybridized carbons (Fsp3) is 0.0769. The van der Waals surface area contributed by atoms with Gasteiger partial charge in [-0.2, -0.15) is 0 Å². The van der Waals surface area contributed by atoms with Crippen LogP contribution in [0.25, 0.3) is 22.3 Å². The number of nitrogens with zero attached hydrogens (tertiary/aromatic N) is 2. The summed E-state index contributed by atoms with van der Waals surface area (Å²) in [6.45, 7) is 7.34. The first-order chi connectivity index (χ1) is 21.0. The Morgan fingerprint density at radius 3 is 1.65 bits per heavy atom. The number of fused-ring (bicyclic) bond motifs is 11. The minimum atomic E-state index is -1.40. The molecule has 8 rings (SSSR count). The fourth-order valence-electron chi connectivity index (χ4n) is 6.95. The highest BCUT2D eigenvalue weighted by Crippen LogP contribution is 2.47. The lowest BCUT2D eigenvalue weighted by atomic mass is 9.43. The van der Waals surface area contributed by atoms with Gasteiger partial charge in [-0.15, -0.1) is 0 Å². The van der Waals surface area contributed by atoms with Crippen molar-refractivity contribution in [3.8, 4) is 22.3 Å². The molecule has 2 aliphatic rings. The maximum absolute atomic E-state index is 2.56. The number of para-hydroxylation sites is 2. The van der Waals surface area contributed by atoms with Crippen LogP contribution in [-0.4, -0.2) is 14.9 Å². The summed E-state index contributed by atoms with van der Waals surface area (Å²) in [4.78, 5) is 4.96. The quantitative estimate of drug-likeness (QED) is 0.197. The maximum atomic E-state index is 2.56. The first-order valence-corrected chi connectivity index (χ1v) is 18.7. The second-order valence-corrected chi connectivity index (χ2v) is 17.7. The second kappa shape index (κ2) is 9.89. The highest BCUT2D eigenvalue weighted by Gasteiger charge is 2.42. The molecule has 0 amide bonds. The number of rotatable bonds is 4. The van der Waals surface area contributed by atoms with E-state index in [1.54, 1.807) is 0 Å². The van der Waals surface area contributed by atoms with Crippen LogP contribution in [0.3, 0.4) is 0 Å². The predicted octanol–water partition coefficient (Wildman–Crippen LogP) is 8.61. The Balaban J connectivity index is 1.34. The van der Waals surface area contributed by atoms with Crippen LogP contribution in [0, 0.1) is 0 Å². The van der Waals surface area contributed by atoms with Crippen LogP contribution in [-0.2, 0) is 0 Å². The molecule has 0 spiro atoms. The molecule has 2 heterocycles. The normalized spacial score (nSPS) is 12.9. The zero-order chi connectivity index (χ0) is 29.1. The monoisotopic (exact) mass is 568 g/mol. The van der Waals surface area contributed by atoms with E-state index in [9.17, 15) is 0 Å².